The number of thiazole rings is 1. The summed E-state index contributed by atoms with van der Waals surface area (Å²) in [6.07, 6.45) is 2.04. The Morgan fingerprint density at radius 2 is 2.21 bits per heavy atom. The molecule has 0 saturated heterocycles. The van der Waals surface area contributed by atoms with E-state index in [4.69, 9.17) is 4.74 Å². The summed E-state index contributed by atoms with van der Waals surface area (Å²) < 4.78 is 7.44. The highest BCUT2D eigenvalue weighted by Crippen LogP contribution is 2.25. The lowest BCUT2D eigenvalue weighted by Gasteiger charge is -2.27. The van der Waals surface area contributed by atoms with Crippen LogP contribution in [0.1, 0.15) is 33.4 Å². The molecule has 2 aromatic heterocycles. The lowest BCUT2D eigenvalue weighted by Crippen LogP contribution is -2.29. The maximum absolute atomic E-state index is 5.35. The molecule has 1 N–H and O–H groups in total. The van der Waals surface area contributed by atoms with Gasteiger partial charge in [0, 0.05) is 18.1 Å². The Labute approximate surface area is 118 Å². The average molecular weight is 281 g/mol. The topological polar surface area (TPSA) is 38.6 Å². The van der Waals surface area contributed by atoms with E-state index < -0.39 is 0 Å². The van der Waals surface area contributed by atoms with Gasteiger partial charge in [0.05, 0.1) is 7.11 Å². The molecule has 106 valence electrons. The minimum absolute atomic E-state index is 0.326. The van der Waals surface area contributed by atoms with Gasteiger partial charge in [0.1, 0.15) is 5.69 Å². The first-order chi connectivity index (χ1) is 8.93. The number of hydrogen-bond acceptors (Lipinski definition) is 4. The summed E-state index contributed by atoms with van der Waals surface area (Å²) in [5.74, 6) is 1.34. The van der Waals surface area contributed by atoms with E-state index in [9.17, 15) is 0 Å². The van der Waals surface area contributed by atoms with Gasteiger partial charge in [0.15, 0.2) is 4.96 Å². The van der Waals surface area contributed by atoms with E-state index in [1.807, 2.05) is 11.6 Å². The summed E-state index contributed by atoms with van der Waals surface area (Å²) >= 11 is 1.63. The van der Waals surface area contributed by atoms with Crippen LogP contribution in [0.25, 0.3) is 4.96 Å². The van der Waals surface area contributed by atoms with Crippen LogP contribution in [0.15, 0.2) is 11.6 Å². The first kappa shape index (κ1) is 14.3. The van der Waals surface area contributed by atoms with Gasteiger partial charge in [-0.3, -0.25) is 4.40 Å². The third kappa shape index (κ3) is 3.09. The lowest BCUT2D eigenvalue weighted by molar-refractivity contribution is 0.252. The summed E-state index contributed by atoms with van der Waals surface area (Å²) in [6.45, 7) is 10.9. The summed E-state index contributed by atoms with van der Waals surface area (Å²) in [5, 5.41) is 5.56. The number of methoxy groups -OCH3 is 1. The van der Waals surface area contributed by atoms with Crippen LogP contribution in [0, 0.1) is 11.3 Å². The second-order valence-corrected chi connectivity index (χ2v) is 6.89. The van der Waals surface area contributed by atoms with Gasteiger partial charge < -0.3 is 10.1 Å². The fourth-order valence-corrected chi connectivity index (χ4v) is 2.57. The van der Waals surface area contributed by atoms with E-state index in [2.05, 4.69) is 42.4 Å². The number of ether oxygens (including phenoxy) is 1. The molecule has 0 fully saturated rings. The second kappa shape index (κ2) is 5.51. The number of imidazole rings is 1. The number of hydrogen-bond donors (Lipinski definition) is 1. The van der Waals surface area contributed by atoms with Crippen LogP contribution >= 0.6 is 11.3 Å². The predicted molar refractivity (Wildman–Crippen MR) is 79.9 cm³/mol. The van der Waals surface area contributed by atoms with Crippen molar-refractivity contribution < 1.29 is 4.74 Å². The minimum atomic E-state index is 0.326. The largest absolute Gasteiger partial charge is 0.480 e. The van der Waals surface area contributed by atoms with Gasteiger partial charge in [-0.1, -0.05) is 27.7 Å². The van der Waals surface area contributed by atoms with Gasteiger partial charge in [-0.2, -0.15) is 4.98 Å². The van der Waals surface area contributed by atoms with Crippen molar-refractivity contribution >= 4 is 16.3 Å². The summed E-state index contributed by atoms with van der Waals surface area (Å²) in [7, 11) is 1.67. The van der Waals surface area contributed by atoms with Crippen LogP contribution in [-0.4, -0.2) is 23.0 Å². The molecule has 0 amide bonds. The van der Waals surface area contributed by atoms with Gasteiger partial charge in [0.25, 0.3) is 0 Å². The van der Waals surface area contributed by atoms with Crippen LogP contribution < -0.4 is 10.1 Å². The molecule has 0 aliphatic rings. The molecule has 1 unspecified atom stereocenters. The second-order valence-electron chi connectivity index (χ2n) is 6.02. The normalized spacial score (nSPS) is 13.9. The molecule has 0 spiro atoms. The number of fused-ring (bicyclic) bond motifs is 1. The zero-order chi connectivity index (χ0) is 14.0. The van der Waals surface area contributed by atoms with E-state index in [0.29, 0.717) is 11.3 Å². The monoisotopic (exact) mass is 281 g/mol. The Morgan fingerprint density at radius 1 is 1.47 bits per heavy atom. The zero-order valence-corrected chi connectivity index (χ0v) is 13.2. The predicted octanol–water partition coefficient (Wildman–Crippen LogP) is 3.18. The standard InChI is InChI=1S/C14H23N3OS/c1-10(14(2,3)4)8-15-9-11-12(18-5)16-13-17(11)6-7-19-13/h6-7,10,15H,8-9H2,1-5H3. The summed E-state index contributed by atoms with van der Waals surface area (Å²) in [6, 6.07) is 0. The molecule has 4 nitrogen and oxygen atoms in total. The van der Waals surface area contributed by atoms with Crippen molar-refractivity contribution in [2.45, 2.75) is 34.2 Å². The fraction of sp³-hybridized carbons (Fsp3) is 0.643. The van der Waals surface area contributed by atoms with Gasteiger partial charge >= 0.3 is 0 Å². The first-order valence-corrected chi connectivity index (χ1v) is 7.50. The molecule has 0 bridgehead atoms. The molecule has 5 heteroatoms. The van der Waals surface area contributed by atoms with Crippen molar-refractivity contribution in [1.82, 2.24) is 14.7 Å². The van der Waals surface area contributed by atoms with Crippen molar-refractivity contribution in [2.24, 2.45) is 11.3 Å². The Bertz CT molecular complexity index is 538. The molecule has 19 heavy (non-hydrogen) atoms. The van der Waals surface area contributed by atoms with Gasteiger partial charge in [-0.15, -0.1) is 11.3 Å². The fourth-order valence-electron chi connectivity index (χ4n) is 1.85. The third-order valence-corrected chi connectivity index (χ3v) is 4.50. The highest BCUT2D eigenvalue weighted by Gasteiger charge is 2.20. The van der Waals surface area contributed by atoms with Gasteiger partial charge in [-0.05, 0) is 17.9 Å². The Morgan fingerprint density at radius 3 is 2.84 bits per heavy atom. The van der Waals surface area contributed by atoms with E-state index >= 15 is 0 Å². The van der Waals surface area contributed by atoms with Crippen LogP contribution in [0.4, 0.5) is 0 Å². The molecule has 1 atom stereocenters. The molecule has 2 aromatic rings. The molecule has 2 rings (SSSR count). The van der Waals surface area contributed by atoms with Crippen LogP contribution in [-0.2, 0) is 6.54 Å². The maximum Gasteiger partial charge on any atom is 0.237 e. The summed E-state index contributed by atoms with van der Waals surface area (Å²) in [4.78, 5) is 5.44. The van der Waals surface area contributed by atoms with Gasteiger partial charge in [-0.25, -0.2) is 0 Å². The minimum Gasteiger partial charge on any atom is -0.480 e. The Hall–Kier alpha value is -1.07. The average Bonchev–Trinajstić information content (AvgIpc) is 2.89. The molecule has 2 heterocycles. The van der Waals surface area contributed by atoms with Crippen molar-refractivity contribution in [2.75, 3.05) is 13.7 Å². The van der Waals surface area contributed by atoms with Crippen molar-refractivity contribution in [1.29, 1.82) is 0 Å². The Balaban J connectivity index is 2.03. The van der Waals surface area contributed by atoms with E-state index in [-0.39, 0.29) is 0 Å². The first-order valence-electron chi connectivity index (χ1n) is 6.62. The molecule has 0 saturated carbocycles. The Kier molecular flexibility index (Phi) is 4.16. The molecule has 0 aromatic carbocycles. The summed E-state index contributed by atoms with van der Waals surface area (Å²) in [5.41, 5.74) is 1.42. The lowest BCUT2D eigenvalue weighted by atomic mass is 9.82. The van der Waals surface area contributed by atoms with E-state index in [1.54, 1.807) is 18.4 Å². The quantitative estimate of drug-likeness (QED) is 0.915. The molecule has 0 aliphatic heterocycles. The number of nitrogens with one attached hydrogen (secondary N) is 1. The maximum atomic E-state index is 5.35. The van der Waals surface area contributed by atoms with Crippen molar-refractivity contribution in [3.8, 4) is 5.88 Å². The van der Waals surface area contributed by atoms with Crippen LogP contribution in [0.3, 0.4) is 0 Å². The highest BCUT2D eigenvalue weighted by atomic mass is 32.1. The van der Waals surface area contributed by atoms with Crippen LogP contribution in [0.5, 0.6) is 5.88 Å². The molecular weight excluding hydrogens is 258 g/mol. The van der Waals surface area contributed by atoms with Crippen molar-refractivity contribution in [3.05, 3.63) is 17.3 Å². The van der Waals surface area contributed by atoms with Crippen LogP contribution in [0.2, 0.25) is 0 Å². The van der Waals surface area contributed by atoms with Gasteiger partial charge in [0.2, 0.25) is 5.88 Å². The molecule has 0 aliphatic carbocycles. The van der Waals surface area contributed by atoms with Crippen molar-refractivity contribution in [3.63, 3.8) is 0 Å². The SMILES string of the molecule is COc1nc2sccn2c1CNCC(C)C(C)(C)C. The number of aromatic nitrogens is 2. The van der Waals surface area contributed by atoms with E-state index in [1.165, 1.54) is 0 Å². The number of nitrogens with zero attached hydrogens (tertiary/aromatic N) is 2. The van der Waals surface area contributed by atoms with E-state index in [0.717, 1.165) is 29.6 Å². The number of rotatable bonds is 5. The zero-order valence-electron chi connectivity index (χ0n) is 12.4. The highest BCUT2D eigenvalue weighted by molar-refractivity contribution is 7.15. The third-order valence-electron chi connectivity index (χ3n) is 3.74. The molecular formula is C14H23N3OS. The molecule has 0 radical (unpaired) electrons. The smallest absolute Gasteiger partial charge is 0.237 e.